The molecular formula is C15H18ClNO. The van der Waals surface area contributed by atoms with Crippen LogP contribution in [0.15, 0.2) is 34.7 Å². The molecule has 0 radical (unpaired) electrons. The molecule has 0 saturated heterocycles. The van der Waals surface area contributed by atoms with E-state index < -0.39 is 0 Å². The number of hydrogen-bond donors (Lipinski definition) is 1. The third-order valence-corrected chi connectivity index (χ3v) is 3.36. The average molecular weight is 264 g/mol. The van der Waals surface area contributed by atoms with Gasteiger partial charge in [0, 0.05) is 10.6 Å². The van der Waals surface area contributed by atoms with Gasteiger partial charge in [0.1, 0.15) is 11.5 Å². The average Bonchev–Trinajstić information content (AvgIpc) is 2.66. The molecule has 1 unspecified atom stereocenters. The van der Waals surface area contributed by atoms with Crippen molar-refractivity contribution in [1.82, 2.24) is 5.32 Å². The molecule has 1 heterocycles. The molecule has 0 spiro atoms. The molecule has 0 aliphatic carbocycles. The number of furan rings is 1. The van der Waals surface area contributed by atoms with Gasteiger partial charge in [0.05, 0.1) is 6.04 Å². The molecule has 1 atom stereocenters. The molecule has 1 aromatic carbocycles. The Balaban J connectivity index is 2.46. The van der Waals surface area contributed by atoms with Gasteiger partial charge in [-0.05, 0) is 38.1 Å². The molecule has 2 rings (SSSR count). The largest absolute Gasteiger partial charge is 0.466 e. The van der Waals surface area contributed by atoms with Gasteiger partial charge in [-0.25, -0.2) is 0 Å². The fourth-order valence-corrected chi connectivity index (χ4v) is 2.48. The molecule has 2 nitrogen and oxygen atoms in total. The number of benzene rings is 1. The summed E-state index contributed by atoms with van der Waals surface area (Å²) in [6, 6.07) is 10.1. The summed E-state index contributed by atoms with van der Waals surface area (Å²) >= 11 is 6.29. The molecule has 0 amide bonds. The molecule has 1 N–H and O–H groups in total. The van der Waals surface area contributed by atoms with Crippen LogP contribution in [0.3, 0.4) is 0 Å². The van der Waals surface area contributed by atoms with Crippen LogP contribution in [0, 0.1) is 13.8 Å². The SMILES string of the molecule is CCNC(c1ccccc1Cl)c1cc(C)oc1C. The van der Waals surface area contributed by atoms with E-state index in [1.54, 1.807) is 0 Å². The van der Waals surface area contributed by atoms with E-state index in [2.05, 4.69) is 24.4 Å². The van der Waals surface area contributed by atoms with Gasteiger partial charge < -0.3 is 9.73 Å². The molecule has 18 heavy (non-hydrogen) atoms. The molecule has 3 heteroatoms. The lowest BCUT2D eigenvalue weighted by Crippen LogP contribution is -2.22. The van der Waals surface area contributed by atoms with E-state index in [4.69, 9.17) is 16.0 Å². The van der Waals surface area contributed by atoms with Gasteiger partial charge in [-0.1, -0.05) is 36.7 Å². The lowest BCUT2D eigenvalue weighted by atomic mass is 9.99. The minimum absolute atomic E-state index is 0.0844. The normalized spacial score (nSPS) is 12.7. The summed E-state index contributed by atoms with van der Waals surface area (Å²) in [5.41, 5.74) is 2.24. The van der Waals surface area contributed by atoms with Crippen LogP contribution in [0.25, 0.3) is 0 Å². The zero-order chi connectivity index (χ0) is 13.1. The van der Waals surface area contributed by atoms with Crippen molar-refractivity contribution in [3.8, 4) is 0 Å². The highest BCUT2D eigenvalue weighted by Crippen LogP contribution is 2.31. The summed E-state index contributed by atoms with van der Waals surface area (Å²) < 4.78 is 5.62. The second kappa shape index (κ2) is 5.59. The Morgan fingerprint density at radius 1 is 1.22 bits per heavy atom. The van der Waals surface area contributed by atoms with E-state index in [0.717, 1.165) is 34.2 Å². The van der Waals surface area contributed by atoms with Gasteiger partial charge in [0.25, 0.3) is 0 Å². The molecule has 0 aliphatic heterocycles. The van der Waals surface area contributed by atoms with Crippen LogP contribution in [-0.4, -0.2) is 6.54 Å². The predicted molar refractivity (Wildman–Crippen MR) is 75.2 cm³/mol. The highest BCUT2D eigenvalue weighted by Gasteiger charge is 2.20. The van der Waals surface area contributed by atoms with Crippen LogP contribution in [0.5, 0.6) is 0 Å². The van der Waals surface area contributed by atoms with E-state index in [9.17, 15) is 0 Å². The van der Waals surface area contributed by atoms with Crippen molar-refractivity contribution >= 4 is 11.6 Å². The van der Waals surface area contributed by atoms with Crippen LogP contribution in [-0.2, 0) is 0 Å². The molecular weight excluding hydrogens is 246 g/mol. The van der Waals surface area contributed by atoms with Gasteiger partial charge in [0.15, 0.2) is 0 Å². The zero-order valence-corrected chi connectivity index (χ0v) is 11.7. The van der Waals surface area contributed by atoms with Gasteiger partial charge in [-0.15, -0.1) is 0 Å². The van der Waals surface area contributed by atoms with Gasteiger partial charge in [0.2, 0.25) is 0 Å². The first-order chi connectivity index (χ1) is 8.63. The minimum Gasteiger partial charge on any atom is -0.466 e. The first-order valence-electron chi connectivity index (χ1n) is 6.18. The Kier molecular flexibility index (Phi) is 4.10. The van der Waals surface area contributed by atoms with Crippen LogP contribution in [0.2, 0.25) is 5.02 Å². The van der Waals surface area contributed by atoms with Crippen molar-refractivity contribution in [2.45, 2.75) is 26.8 Å². The number of aryl methyl sites for hydroxylation is 2. The predicted octanol–water partition coefficient (Wildman–Crippen LogP) is 4.25. The maximum Gasteiger partial charge on any atom is 0.106 e. The van der Waals surface area contributed by atoms with Crippen molar-refractivity contribution in [2.24, 2.45) is 0 Å². The third-order valence-electron chi connectivity index (χ3n) is 3.01. The van der Waals surface area contributed by atoms with Crippen LogP contribution >= 0.6 is 11.6 Å². The summed E-state index contributed by atoms with van der Waals surface area (Å²) in [5.74, 6) is 1.87. The Labute approximate surface area is 113 Å². The molecule has 0 saturated carbocycles. The highest BCUT2D eigenvalue weighted by atomic mass is 35.5. The lowest BCUT2D eigenvalue weighted by molar-refractivity contribution is 0.495. The van der Waals surface area contributed by atoms with Crippen molar-refractivity contribution < 1.29 is 4.42 Å². The molecule has 0 fully saturated rings. The fourth-order valence-electron chi connectivity index (χ4n) is 2.24. The first-order valence-corrected chi connectivity index (χ1v) is 6.56. The summed E-state index contributed by atoms with van der Waals surface area (Å²) in [5, 5.41) is 4.25. The standard InChI is InChI=1S/C15H18ClNO/c1-4-17-15(12-7-5-6-8-14(12)16)13-9-10(2)18-11(13)3/h5-9,15,17H,4H2,1-3H3. The number of nitrogens with one attached hydrogen (secondary N) is 1. The number of halogens is 1. The first kappa shape index (κ1) is 13.2. The van der Waals surface area contributed by atoms with E-state index in [-0.39, 0.29) is 6.04 Å². The van der Waals surface area contributed by atoms with E-state index in [0.29, 0.717) is 0 Å². The summed E-state index contributed by atoms with van der Waals surface area (Å²) in [7, 11) is 0. The summed E-state index contributed by atoms with van der Waals surface area (Å²) in [6.07, 6.45) is 0. The molecule has 1 aromatic heterocycles. The smallest absolute Gasteiger partial charge is 0.106 e. The second-order valence-corrected chi connectivity index (χ2v) is 4.79. The fraction of sp³-hybridized carbons (Fsp3) is 0.333. The van der Waals surface area contributed by atoms with E-state index in [1.807, 2.05) is 32.0 Å². The van der Waals surface area contributed by atoms with E-state index >= 15 is 0 Å². The summed E-state index contributed by atoms with van der Waals surface area (Å²) in [6.45, 7) is 6.92. The monoisotopic (exact) mass is 263 g/mol. The van der Waals surface area contributed by atoms with Crippen molar-refractivity contribution in [3.63, 3.8) is 0 Å². The zero-order valence-electron chi connectivity index (χ0n) is 11.0. The number of rotatable bonds is 4. The maximum atomic E-state index is 6.29. The van der Waals surface area contributed by atoms with Gasteiger partial charge in [-0.3, -0.25) is 0 Å². The van der Waals surface area contributed by atoms with Crippen molar-refractivity contribution in [3.05, 3.63) is 58.0 Å². The van der Waals surface area contributed by atoms with Crippen molar-refractivity contribution in [1.29, 1.82) is 0 Å². The molecule has 0 bridgehead atoms. The Morgan fingerprint density at radius 3 is 2.50 bits per heavy atom. The Bertz CT molecular complexity index is 533. The third kappa shape index (κ3) is 2.60. The van der Waals surface area contributed by atoms with Crippen molar-refractivity contribution in [2.75, 3.05) is 6.54 Å². The van der Waals surface area contributed by atoms with Crippen LogP contribution in [0.4, 0.5) is 0 Å². The lowest BCUT2D eigenvalue weighted by Gasteiger charge is -2.19. The quantitative estimate of drug-likeness (QED) is 0.892. The number of hydrogen-bond acceptors (Lipinski definition) is 2. The van der Waals surface area contributed by atoms with Gasteiger partial charge in [-0.2, -0.15) is 0 Å². The van der Waals surface area contributed by atoms with Gasteiger partial charge >= 0.3 is 0 Å². The Hall–Kier alpha value is -1.25. The van der Waals surface area contributed by atoms with Crippen LogP contribution in [0.1, 0.15) is 35.6 Å². The summed E-state index contributed by atoms with van der Waals surface area (Å²) in [4.78, 5) is 0. The molecule has 96 valence electrons. The Morgan fingerprint density at radius 2 is 1.94 bits per heavy atom. The molecule has 0 aliphatic rings. The maximum absolute atomic E-state index is 6.29. The van der Waals surface area contributed by atoms with Crippen LogP contribution < -0.4 is 5.32 Å². The second-order valence-electron chi connectivity index (χ2n) is 4.38. The topological polar surface area (TPSA) is 25.2 Å². The highest BCUT2D eigenvalue weighted by molar-refractivity contribution is 6.31. The van der Waals surface area contributed by atoms with E-state index in [1.165, 1.54) is 0 Å². The molecule has 2 aromatic rings. The minimum atomic E-state index is 0.0844.